The number of aliphatic hydroxyl groups excluding tert-OH is 10. The summed E-state index contributed by atoms with van der Waals surface area (Å²) in [6.45, 7) is -1.03. The second-order valence-corrected chi connectivity index (χ2v) is 12.2. The molecule has 11 N–H and O–H groups in total. The molecule has 3 heterocycles. The van der Waals surface area contributed by atoms with Gasteiger partial charge < -0.3 is 74.7 Å². The number of aliphatic hydroxyl groups is 12. The third-order valence-corrected chi connectivity index (χ3v) is 9.45. The molecule has 41 heavy (non-hydrogen) atoms. The van der Waals surface area contributed by atoms with Crippen molar-refractivity contribution in [2.24, 2.45) is 11.8 Å². The van der Waals surface area contributed by atoms with Gasteiger partial charge in [-0.1, -0.05) is 0 Å². The smallest absolute Gasteiger partial charge is 0.187 e. The Labute approximate surface area is 236 Å². The molecule has 15 nitrogen and oxygen atoms in total. The fraction of sp³-hybridized carbons (Fsp3) is 1.00. The highest BCUT2D eigenvalue weighted by Gasteiger charge is 2.56. The normalized spacial score (nSPS) is 54.9. The summed E-state index contributed by atoms with van der Waals surface area (Å²) >= 11 is 0. The number of rotatable bonds is 6. The van der Waals surface area contributed by atoms with E-state index in [0.717, 1.165) is 0 Å². The van der Waals surface area contributed by atoms with E-state index in [4.69, 9.17) is 23.7 Å². The Morgan fingerprint density at radius 2 is 1.44 bits per heavy atom. The van der Waals surface area contributed by atoms with Gasteiger partial charge in [-0.05, 0) is 25.7 Å². The van der Waals surface area contributed by atoms with E-state index in [1.54, 1.807) is 0 Å². The molecule has 3 saturated heterocycles. The van der Waals surface area contributed by atoms with Crippen molar-refractivity contribution < 1.29 is 74.7 Å². The van der Waals surface area contributed by atoms with Crippen molar-refractivity contribution in [3.8, 4) is 0 Å². The van der Waals surface area contributed by atoms with Crippen LogP contribution in [0.5, 0.6) is 0 Å². The van der Waals surface area contributed by atoms with Crippen LogP contribution in [-0.2, 0) is 18.9 Å². The van der Waals surface area contributed by atoms with Gasteiger partial charge in [0.05, 0.1) is 43.5 Å². The molecular weight excluding hydrogens is 552 g/mol. The Morgan fingerprint density at radius 1 is 0.683 bits per heavy atom. The maximum atomic E-state index is 11.0. The van der Waals surface area contributed by atoms with Gasteiger partial charge in [-0.3, -0.25) is 0 Å². The molecule has 0 bridgehead atoms. The second kappa shape index (κ2) is 13.2. The molecule has 2 aliphatic carbocycles. The average molecular weight is 598 g/mol. The van der Waals surface area contributed by atoms with E-state index in [1.807, 2.05) is 0 Å². The first-order valence-electron chi connectivity index (χ1n) is 14.5. The highest BCUT2D eigenvalue weighted by atomic mass is 16.8. The minimum absolute atomic E-state index is 0.177. The van der Waals surface area contributed by atoms with Gasteiger partial charge >= 0.3 is 0 Å². The van der Waals surface area contributed by atoms with Crippen LogP contribution >= 0.6 is 0 Å². The van der Waals surface area contributed by atoms with E-state index in [1.165, 1.54) is 0 Å². The van der Waals surface area contributed by atoms with Crippen LogP contribution in [0.3, 0.4) is 0 Å². The van der Waals surface area contributed by atoms with Crippen LogP contribution in [0.1, 0.15) is 38.5 Å². The Balaban J connectivity index is 1.39. The minimum Gasteiger partial charge on any atom is -0.427 e. The zero-order valence-corrected chi connectivity index (χ0v) is 22.6. The van der Waals surface area contributed by atoms with Crippen LogP contribution in [-0.4, -0.2) is 167 Å². The van der Waals surface area contributed by atoms with Gasteiger partial charge in [-0.15, -0.1) is 0 Å². The molecule has 2 saturated carbocycles. The first-order valence-corrected chi connectivity index (χ1v) is 14.5. The van der Waals surface area contributed by atoms with E-state index >= 15 is 0 Å². The first kappa shape index (κ1) is 31.8. The summed E-state index contributed by atoms with van der Waals surface area (Å²) in [5, 5.41) is 103. The van der Waals surface area contributed by atoms with Crippen molar-refractivity contribution in [1.29, 1.82) is 0 Å². The number of ether oxygens (including phenoxy) is 5. The fourth-order valence-corrected chi connectivity index (χ4v) is 7.04. The Kier molecular flexibility index (Phi) is 10.2. The zero-order valence-electron chi connectivity index (χ0n) is 22.6. The van der Waals surface area contributed by atoms with Gasteiger partial charge in [-0.25, -0.2) is 0 Å². The average Bonchev–Trinajstić information content (AvgIpc) is 2.94. The van der Waals surface area contributed by atoms with E-state index in [-0.39, 0.29) is 43.8 Å². The topological polar surface area (TPSA) is 252 Å². The van der Waals surface area contributed by atoms with Gasteiger partial charge in [0.15, 0.2) is 24.8 Å². The lowest BCUT2D eigenvalue weighted by Crippen LogP contribution is -2.65. The van der Waals surface area contributed by atoms with E-state index in [2.05, 4.69) is 0 Å². The number of hydrogen-bond donors (Lipinski definition) is 10. The molecule has 0 aromatic carbocycles. The van der Waals surface area contributed by atoms with Crippen LogP contribution in [0, 0.1) is 11.8 Å². The van der Waals surface area contributed by atoms with E-state index < -0.39 is 98.5 Å². The Bertz CT molecular complexity index is 852. The lowest BCUT2D eigenvalue weighted by molar-refractivity contribution is -0.381. The van der Waals surface area contributed by atoms with Crippen LogP contribution in [0.25, 0.3) is 0 Å². The predicted octanol–water partition coefficient (Wildman–Crippen LogP) is -5.04. The van der Waals surface area contributed by atoms with Gasteiger partial charge in [-0.2, -0.15) is 0 Å². The molecule has 5 rings (SSSR count). The summed E-state index contributed by atoms with van der Waals surface area (Å²) in [5.74, 6) is -0.575. The second-order valence-electron chi connectivity index (χ2n) is 12.2. The van der Waals surface area contributed by atoms with Gasteiger partial charge in [0.2, 0.25) is 0 Å². The van der Waals surface area contributed by atoms with Crippen LogP contribution in [0.2, 0.25) is 0 Å². The molecular formula is C26H45O15+. The third kappa shape index (κ3) is 6.60. The zero-order chi connectivity index (χ0) is 29.6. The molecule has 5 aliphatic rings. The van der Waals surface area contributed by atoms with Gasteiger partial charge in [0.25, 0.3) is 0 Å². The molecule has 0 radical (unpaired) electrons. The van der Waals surface area contributed by atoms with E-state index in [9.17, 15) is 51.1 Å². The lowest BCUT2D eigenvalue weighted by atomic mass is 9.72. The lowest BCUT2D eigenvalue weighted by Gasteiger charge is -2.49. The number of hydrogen-bond acceptors (Lipinski definition) is 14. The summed E-state index contributed by atoms with van der Waals surface area (Å²) in [4.78, 5) is 0. The standard InChI is InChI=1S/C26H44O15/c27-7-18-20(34)21(35)24(41-25-22(36)19(33)15(32)8-37-25)26(40-18)39-17-6-11-13(30)4-10(28)5-16(11)38-23(17)9-1-2-12(29)14(31)3-9/h9-36H,1-8H2/p+1. The van der Waals surface area contributed by atoms with Crippen LogP contribution in [0.4, 0.5) is 0 Å². The molecule has 18 unspecified atom stereocenters. The highest BCUT2D eigenvalue weighted by Crippen LogP contribution is 2.42. The molecule has 0 amide bonds. The highest BCUT2D eigenvalue weighted by molar-refractivity contribution is 4.99. The monoisotopic (exact) mass is 597 g/mol. The summed E-state index contributed by atoms with van der Waals surface area (Å²) in [6, 6.07) is 0. The number of fused-ring (bicyclic) bond motifs is 1. The van der Waals surface area contributed by atoms with Crippen molar-refractivity contribution in [2.45, 2.75) is 137 Å². The first-order chi connectivity index (χ1) is 19.5. The molecule has 0 aromatic heterocycles. The van der Waals surface area contributed by atoms with Crippen LogP contribution in [0.15, 0.2) is 0 Å². The van der Waals surface area contributed by atoms with Crippen molar-refractivity contribution in [2.75, 3.05) is 13.2 Å². The Morgan fingerprint density at radius 3 is 2.15 bits per heavy atom. The van der Waals surface area contributed by atoms with E-state index in [0.29, 0.717) is 19.3 Å². The fourth-order valence-electron chi connectivity index (χ4n) is 7.04. The van der Waals surface area contributed by atoms with Crippen molar-refractivity contribution in [3.63, 3.8) is 0 Å². The summed E-state index contributed by atoms with van der Waals surface area (Å²) < 4.78 is 28.3. The predicted molar refractivity (Wildman–Crippen MR) is 134 cm³/mol. The van der Waals surface area contributed by atoms with Crippen molar-refractivity contribution in [1.82, 2.24) is 0 Å². The molecule has 18 atom stereocenters. The third-order valence-electron chi connectivity index (χ3n) is 9.45. The maximum absolute atomic E-state index is 11.0. The molecule has 15 heteroatoms. The van der Waals surface area contributed by atoms with Crippen molar-refractivity contribution in [3.05, 3.63) is 0 Å². The van der Waals surface area contributed by atoms with Crippen LogP contribution < -0.4 is 0 Å². The molecule has 0 aromatic rings. The summed E-state index contributed by atoms with van der Waals surface area (Å²) in [6.07, 6.45) is -16.8. The molecule has 5 fully saturated rings. The summed E-state index contributed by atoms with van der Waals surface area (Å²) in [5.41, 5.74) is 0. The molecule has 3 aliphatic heterocycles. The largest absolute Gasteiger partial charge is 0.427 e. The van der Waals surface area contributed by atoms with Crippen molar-refractivity contribution >= 4 is 0 Å². The SMILES string of the molecule is OCC1OC(OC2CC3C(O)CC(O)CC3[OH+]C2C2CCC(O)C(O)C2)C(OC2OCC(O)C(O)C2O)C(O)C1O. The van der Waals surface area contributed by atoms with Gasteiger partial charge in [0, 0.05) is 18.8 Å². The van der Waals surface area contributed by atoms with Gasteiger partial charge in [0.1, 0.15) is 48.8 Å². The quantitative estimate of drug-likeness (QED) is 0.129. The molecule has 0 spiro atoms. The molecule has 238 valence electrons. The minimum atomic E-state index is -1.70. The Hall–Kier alpha value is -0.600. The maximum Gasteiger partial charge on any atom is 0.187 e. The summed E-state index contributed by atoms with van der Waals surface area (Å²) in [7, 11) is 0.